The molecule has 0 saturated heterocycles. The minimum absolute atomic E-state index is 0.238. The van der Waals surface area contributed by atoms with E-state index in [1.165, 1.54) is 36.7 Å². The first kappa shape index (κ1) is 12.0. The fourth-order valence-electron chi connectivity index (χ4n) is 1.30. The zero-order chi connectivity index (χ0) is 13.0. The second-order valence-corrected chi connectivity index (χ2v) is 3.49. The number of aromatic nitrogens is 2. The van der Waals surface area contributed by atoms with Crippen LogP contribution in [0, 0.1) is 5.82 Å². The second kappa shape index (κ2) is 5.22. The smallest absolute Gasteiger partial charge is 0.341 e. The Morgan fingerprint density at radius 2 is 1.94 bits per heavy atom. The number of esters is 1. The number of H-pyrrole nitrogens is 1. The molecule has 2 aromatic rings. The summed E-state index contributed by atoms with van der Waals surface area (Å²) in [6.45, 7) is -0.393. The number of ether oxygens (including phenoxy) is 1. The first-order valence-electron chi connectivity index (χ1n) is 5.11. The van der Waals surface area contributed by atoms with Crippen LogP contribution in [-0.4, -0.2) is 28.6 Å². The largest absolute Gasteiger partial charge is 0.454 e. The Hall–Kier alpha value is -2.50. The standard InChI is InChI=1S/C12H9FN2O3/c13-10-3-1-8(2-4-10)11(16)7-18-12(17)9-5-14-15-6-9/h1-6H,7H2,(H,14,15). The summed E-state index contributed by atoms with van der Waals surface area (Å²) in [5, 5.41) is 6.04. The third-order valence-electron chi connectivity index (χ3n) is 2.23. The SMILES string of the molecule is O=C(COC(=O)c1cn[nH]c1)c1ccc(F)cc1. The van der Waals surface area contributed by atoms with Crippen LogP contribution in [0.15, 0.2) is 36.7 Å². The fraction of sp³-hybridized carbons (Fsp3) is 0.0833. The molecular weight excluding hydrogens is 239 g/mol. The van der Waals surface area contributed by atoms with Gasteiger partial charge in [0.25, 0.3) is 0 Å². The number of nitrogens with zero attached hydrogens (tertiary/aromatic N) is 1. The summed E-state index contributed by atoms with van der Waals surface area (Å²) in [7, 11) is 0. The van der Waals surface area contributed by atoms with Crippen molar-refractivity contribution < 1.29 is 18.7 Å². The summed E-state index contributed by atoms with van der Waals surface area (Å²) in [6.07, 6.45) is 2.66. The van der Waals surface area contributed by atoms with Crippen LogP contribution in [-0.2, 0) is 4.74 Å². The van der Waals surface area contributed by atoms with Gasteiger partial charge in [-0.25, -0.2) is 9.18 Å². The molecule has 0 atom stereocenters. The molecule has 0 spiro atoms. The van der Waals surface area contributed by atoms with Gasteiger partial charge in [0.15, 0.2) is 12.4 Å². The van der Waals surface area contributed by atoms with E-state index in [-0.39, 0.29) is 11.1 Å². The number of hydrogen-bond donors (Lipinski definition) is 1. The maximum Gasteiger partial charge on any atom is 0.341 e. The normalized spacial score (nSPS) is 10.1. The van der Waals surface area contributed by atoms with Gasteiger partial charge >= 0.3 is 5.97 Å². The predicted molar refractivity (Wildman–Crippen MR) is 59.6 cm³/mol. The highest BCUT2D eigenvalue weighted by Gasteiger charge is 2.12. The zero-order valence-electron chi connectivity index (χ0n) is 9.22. The van der Waals surface area contributed by atoms with Crippen LogP contribution in [0.5, 0.6) is 0 Å². The molecule has 1 heterocycles. The molecule has 18 heavy (non-hydrogen) atoms. The average molecular weight is 248 g/mol. The van der Waals surface area contributed by atoms with Crippen LogP contribution >= 0.6 is 0 Å². The van der Waals surface area contributed by atoms with E-state index in [4.69, 9.17) is 4.74 Å². The lowest BCUT2D eigenvalue weighted by Gasteiger charge is -2.02. The highest BCUT2D eigenvalue weighted by atomic mass is 19.1. The van der Waals surface area contributed by atoms with Crippen molar-refractivity contribution in [3.05, 3.63) is 53.6 Å². The Balaban J connectivity index is 1.92. The number of halogens is 1. The molecule has 0 fully saturated rings. The summed E-state index contributed by atoms with van der Waals surface area (Å²) in [5.41, 5.74) is 0.526. The number of carbonyl (C=O) groups excluding carboxylic acids is 2. The minimum Gasteiger partial charge on any atom is -0.454 e. The molecule has 1 aromatic carbocycles. The van der Waals surface area contributed by atoms with Crippen LogP contribution in [0.2, 0.25) is 0 Å². The van der Waals surface area contributed by atoms with E-state index in [0.29, 0.717) is 0 Å². The molecule has 0 radical (unpaired) electrons. The Kier molecular flexibility index (Phi) is 3.47. The van der Waals surface area contributed by atoms with Crippen LogP contribution in [0.25, 0.3) is 0 Å². The molecule has 5 nitrogen and oxygen atoms in total. The number of aromatic amines is 1. The Morgan fingerprint density at radius 3 is 2.56 bits per heavy atom. The first-order valence-corrected chi connectivity index (χ1v) is 5.11. The molecule has 1 N–H and O–H groups in total. The van der Waals surface area contributed by atoms with E-state index in [2.05, 4.69) is 10.2 Å². The Bertz CT molecular complexity index is 549. The summed E-state index contributed by atoms with van der Waals surface area (Å²) in [6, 6.07) is 5.02. The number of carbonyl (C=O) groups is 2. The maximum absolute atomic E-state index is 12.6. The predicted octanol–water partition coefficient (Wildman–Crippen LogP) is 1.59. The monoisotopic (exact) mass is 248 g/mol. The summed E-state index contributed by atoms with van der Waals surface area (Å²) in [5.74, 6) is -1.46. The van der Waals surface area contributed by atoms with Crippen LogP contribution in [0.1, 0.15) is 20.7 Å². The van der Waals surface area contributed by atoms with Crippen LogP contribution in [0.4, 0.5) is 4.39 Å². The molecule has 6 heteroatoms. The number of Topliss-reactive ketones (excluding diaryl/α,β-unsaturated/α-hetero) is 1. The number of ketones is 1. The minimum atomic E-state index is -0.640. The molecule has 0 aliphatic heterocycles. The van der Waals surface area contributed by atoms with Crippen molar-refractivity contribution >= 4 is 11.8 Å². The van der Waals surface area contributed by atoms with Crippen LogP contribution in [0.3, 0.4) is 0 Å². The van der Waals surface area contributed by atoms with Crippen molar-refractivity contribution in [1.29, 1.82) is 0 Å². The lowest BCUT2D eigenvalue weighted by molar-refractivity contribution is 0.0475. The Labute approximate surface area is 102 Å². The quantitative estimate of drug-likeness (QED) is 0.658. The van der Waals surface area contributed by atoms with Gasteiger partial charge in [-0.3, -0.25) is 9.89 Å². The van der Waals surface area contributed by atoms with Crippen molar-refractivity contribution in [3.63, 3.8) is 0 Å². The van der Waals surface area contributed by atoms with Gasteiger partial charge in [0.1, 0.15) is 5.82 Å². The number of rotatable bonds is 4. The summed E-state index contributed by atoms with van der Waals surface area (Å²) >= 11 is 0. The van der Waals surface area contributed by atoms with Crippen LogP contribution < -0.4 is 0 Å². The Morgan fingerprint density at radius 1 is 1.22 bits per heavy atom. The molecule has 0 amide bonds. The number of benzene rings is 1. The summed E-state index contributed by atoms with van der Waals surface area (Å²) in [4.78, 5) is 23.0. The third kappa shape index (κ3) is 2.79. The molecule has 0 aliphatic carbocycles. The molecule has 92 valence electrons. The van der Waals surface area contributed by atoms with Gasteiger partial charge in [0.2, 0.25) is 0 Å². The van der Waals surface area contributed by atoms with Gasteiger partial charge in [0.05, 0.1) is 11.8 Å². The molecule has 2 rings (SSSR count). The van der Waals surface area contributed by atoms with Crippen molar-refractivity contribution in [1.82, 2.24) is 10.2 Å². The van der Waals surface area contributed by atoms with E-state index < -0.39 is 24.2 Å². The molecular formula is C12H9FN2O3. The number of hydrogen-bond acceptors (Lipinski definition) is 4. The fourth-order valence-corrected chi connectivity index (χ4v) is 1.30. The molecule has 0 aliphatic rings. The van der Waals surface area contributed by atoms with Gasteiger partial charge in [0, 0.05) is 11.8 Å². The molecule has 0 saturated carbocycles. The highest BCUT2D eigenvalue weighted by molar-refractivity contribution is 5.99. The molecule has 0 unspecified atom stereocenters. The highest BCUT2D eigenvalue weighted by Crippen LogP contribution is 2.05. The number of nitrogens with one attached hydrogen (secondary N) is 1. The van der Waals surface area contributed by atoms with Gasteiger partial charge in [-0.05, 0) is 24.3 Å². The third-order valence-corrected chi connectivity index (χ3v) is 2.23. The molecule has 1 aromatic heterocycles. The van der Waals surface area contributed by atoms with E-state index in [1.807, 2.05) is 0 Å². The topological polar surface area (TPSA) is 72.1 Å². The lowest BCUT2D eigenvalue weighted by atomic mass is 10.1. The van der Waals surface area contributed by atoms with Crippen molar-refractivity contribution in [2.75, 3.05) is 6.61 Å². The van der Waals surface area contributed by atoms with Gasteiger partial charge in [-0.15, -0.1) is 0 Å². The second-order valence-electron chi connectivity index (χ2n) is 3.49. The zero-order valence-corrected chi connectivity index (χ0v) is 9.22. The lowest BCUT2D eigenvalue weighted by Crippen LogP contribution is -2.13. The van der Waals surface area contributed by atoms with Crippen molar-refractivity contribution in [2.24, 2.45) is 0 Å². The molecule has 0 bridgehead atoms. The van der Waals surface area contributed by atoms with Gasteiger partial charge in [-0.2, -0.15) is 5.10 Å². The van der Waals surface area contributed by atoms with E-state index in [1.54, 1.807) is 0 Å². The average Bonchev–Trinajstić information content (AvgIpc) is 2.90. The van der Waals surface area contributed by atoms with Gasteiger partial charge < -0.3 is 4.74 Å². The van der Waals surface area contributed by atoms with E-state index >= 15 is 0 Å². The van der Waals surface area contributed by atoms with E-state index in [0.717, 1.165) is 0 Å². The van der Waals surface area contributed by atoms with Crippen molar-refractivity contribution in [3.8, 4) is 0 Å². The van der Waals surface area contributed by atoms with E-state index in [9.17, 15) is 14.0 Å². The summed E-state index contributed by atoms with van der Waals surface area (Å²) < 4.78 is 17.4. The maximum atomic E-state index is 12.6. The van der Waals surface area contributed by atoms with Crippen molar-refractivity contribution in [2.45, 2.75) is 0 Å². The van der Waals surface area contributed by atoms with Gasteiger partial charge in [-0.1, -0.05) is 0 Å². The first-order chi connectivity index (χ1) is 8.66.